The van der Waals surface area contributed by atoms with Gasteiger partial charge in [0.2, 0.25) is 5.78 Å². The molecule has 0 bridgehead atoms. The Morgan fingerprint density at radius 1 is 0.903 bits per heavy atom. The van der Waals surface area contributed by atoms with Crippen molar-refractivity contribution in [3.05, 3.63) is 101 Å². The number of hydrogen-bond donors (Lipinski definition) is 0. The molecule has 3 nitrogen and oxygen atoms in total. The molecule has 1 atom stereocenters. The summed E-state index contributed by atoms with van der Waals surface area (Å²) < 4.78 is 5.77. The van der Waals surface area contributed by atoms with E-state index in [0.29, 0.717) is 17.2 Å². The highest BCUT2D eigenvalue weighted by Gasteiger charge is 2.33. The third-order valence-electron chi connectivity index (χ3n) is 6.07. The van der Waals surface area contributed by atoms with E-state index in [-0.39, 0.29) is 23.2 Å². The van der Waals surface area contributed by atoms with Gasteiger partial charge in [0.15, 0.2) is 11.5 Å². The lowest BCUT2D eigenvalue weighted by Crippen LogP contribution is -2.20. The zero-order chi connectivity index (χ0) is 21.5. The average molecular weight is 408 g/mol. The molecule has 0 saturated carbocycles. The van der Waals surface area contributed by atoms with Crippen LogP contribution in [0.15, 0.2) is 84.1 Å². The van der Waals surface area contributed by atoms with E-state index >= 15 is 0 Å². The van der Waals surface area contributed by atoms with Crippen LogP contribution in [0.2, 0.25) is 0 Å². The van der Waals surface area contributed by atoms with Crippen LogP contribution in [0, 0.1) is 5.92 Å². The highest BCUT2D eigenvalue weighted by Crippen LogP contribution is 2.43. The Morgan fingerprint density at radius 3 is 2.39 bits per heavy atom. The summed E-state index contributed by atoms with van der Waals surface area (Å²) in [6.45, 7) is 4.35. The minimum atomic E-state index is -0.260. The normalized spacial score (nSPS) is 17.8. The summed E-state index contributed by atoms with van der Waals surface area (Å²) in [6.07, 6.45) is 4.55. The molecule has 3 aromatic carbocycles. The van der Waals surface area contributed by atoms with Crippen LogP contribution in [0.1, 0.15) is 36.5 Å². The Kier molecular flexibility index (Phi) is 4.82. The second-order valence-corrected chi connectivity index (χ2v) is 8.80. The monoisotopic (exact) mass is 408 g/mol. The Labute approximate surface area is 182 Å². The molecule has 0 N–H and O–H groups in total. The molecular weight excluding hydrogens is 384 g/mol. The Hall–Kier alpha value is -3.46. The summed E-state index contributed by atoms with van der Waals surface area (Å²) in [5, 5.41) is 2.39. The van der Waals surface area contributed by atoms with E-state index in [4.69, 9.17) is 4.74 Å². The van der Waals surface area contributed by atoms with Crippen LogP contribution in [0.5, 0.6) is 5.75 Å². The van der Waals surface area contributed by atoms with E-state index in [0.717, 1.165) is 18.4 Å². The summed E-state index contributed by atoms with van der Waals surface area (Å²) in [5.74, 6) is 0.715. The van der Waals surface area contributed by atoms with Crippen LogP contribution in [-0.2, 0) is 22.4 Å². The smallest absolute Gasteiger partial charge is 0.221 e. The molecule has 5 rings (SSSR count). The molecule has 0 saturated heterocycles. The summed E-state index contributed by atoms with van der Waals surface area (Å²) >= 11 is 0. The van der Waals surface area contributed by atoms with E-state index in [9.17, 15) is 9.59 Å². The zero-order valence-corrected chi connectivity index (χ0v) is 17.7. The molecular formula is C28H24O3. The molecule has 0 aliphatic heterocycles. The van der Waals surface area contributed by atoms with Crippen molar-refractivity contribution in [1.82, 2.24) is 0 Å². The largest absolute Gasteiger partial charge is 0.453 e. The SMILES string of the molecule is CC(C)Cc1ccc(OC2=CC(=O)C(C3Cc4cccc5cccc3c45)=CC2=O)cc1. The zero-order valence-electron chi connectivity index (χ0n) is 17.7. The van der Waals surface area contributed by atoms with Gasteiger partial charge in [0.05, 0.1) is 0 Å². The van der Waals surface area contributed by atoms with Gasteiger partial charge in [-0.15, -0.1) is 0 Å². The van der Waals surface area contributed by atoms with Crippen LogP contribution in [0.4, 0.5) is 0 Å². The Bertz CT molecular complexity index is 1250. The van der Waals surface area contributed by atoms with Crippen molar-refractivity contribution in [3.8, 4) is 5.75 Å². The first-order chi connectivity index (χ1) is 15.0. The van der Waals surface area contributed by atoms with Crippen molar-refractivity contribution in [3.63, 3.8) is 0 Å². The van der Waals surface area contributed by atoms with E-state index in [1.54, 1.807) is 0 Å². The molecule has 0 fully saturated rings. The van der Waals surface area contributed by atoms with Crippen molar-refractivity contribution >= 4 is 22.3 Å². The lowest BCUT2D eigenvalue weighted by Gasteiger charge is -2.18. The van der Waals surface area contributed by atoms with Crippen LogP contribution in [0.25, 0.3) is 10.8 Å². The lowest BCUT2D eigenvalue weighted by atomic mass is 9.86. The number of allylic oxidation sites excluding steroid dienone is 3. The number of benzene rings is 3. The summed E-state index contributed by atoms with van der Waals surface area (Å²) in [5.41, 5.74) is 4.12. The summed E-state index contributed by atoms with van der Waals surface area (Å²) in [4.78, 5) is 25.8. The predicted molar refractivity (Wildman–Crippen MR) is 122 cm³/mol. The van der Waals surface area contributed by atoms with Gasteiger partial charge in [0, 0.05) is 17.6 Å². The predicted octanol–water partition coefficient (Wildman–Crippen LogP) is 5.72. The molecule has 3 aromatic rings. The number of carbonyl (C=O) groups excluding carboxylic acids is 2. The maximum atomic E-state index is 13.0. The minimum absolute atomic E-state index is 0.0825. The molecule has 3 heteroatoms. The second-order valence-electron chi connectivity index (χ2n) is 8.80. The maximum absolute atomic E-state index is 13.0. The van der Waals surface area contributed by atoms with Gasteiger partial charge in [-0.1, -0.05) is 62.4 Å². The van der Waals surface area contributed by atoms with Gasteiger partial charge in [-0.2, -0.15) is 0 Å². The fraction of sp³-hybridized carbons (Fsp3) is 0.214. The third kappa shape index (κ3) is 3.61. The first kappa shape index (κ1) is 19.5. The highest BCUT2D eigenvalue weighted by molar-refractivity contribution is 6.20. The van der Waals surface area contributed by atoms with Crippen LogP contribution >= 0.6 is 0 Å². The molecule has 1 unspecified atom stereocenters. The van der Waals surface area contributed by atoms with Gasteiger partial charge in [-0.3, -0.25) is 9.59 Å². The van der Waals surface area contributed by atoms with Crippen molar-refractivity contribution in [2.45, 2.75) is 32.6 Å². The summed E-state index contributed by atoms with van der Waals surface area (Å²) in [7, 11) is 0. The van der Waals surface area contributed by atoms with Gasteiger partial charge in [0.1, 0.15) is 5.75 Å². The van der Waals surface area contributed by atoms with E-state index < -0.39 is 0 Å². The second kappa shape index (κ2) is 7.66. The van der Waals surface area contributed by atoms with E-state index in [1.807, 2.05) is 36.4 Å². The molecule has 2 aliphatic rings. The maximum Gasteiger partial charge on any atom is 0.221 e. The number of rotatable bonds is 5. The van der Waals surface area contributed by atoms with Gasteiger partial charge in [-0.25, -0.2) is 0 Å². The molecule has 0 amide bonds. The van der Waals surface area contributed by atoms with E-state index in [2.05, 4.69) is 38.1 Å². The van der Waals surface area contributed by atoms with Crippen LogP contribution < -0.4 is 4.74 Å². The number of carbonyl (C=O) groups is 2. The van der Waals surface area contributed by atoms with E-state index in [1.165, 1.54) is 34.1 Å². The minimum Gasteiger partial charge on any atom is -0.453 e. The molecule has 2 aliphatic carbocycles. The fourth-order valence-electron chi connectivity index (χ4n) is 4.72. The van der Waals surface area contributed by atoms with Crippen molar-refractivity contribution < 1.29 is 14.3 Å². The van der Waals surface area contributed by atoms with Gasteiger partial charge >= 0.3 is 0 Å². The van der Waals surface area contributed by atoms with Crippen molar-refractivity contribution in [2.75, 3.05) is 0 Å². The molecule has 0 radical (unpaired) electrons. The molecule has 0 spiro atoms. The molecule has 31 heavy (non-hydrogen) atoms. The quantitative estimate of drug-likeness (QED) is 0.507. The molecule has 0 aromatic heterocycles. The number of hydrogen-bond acceptors (Lipinski definition) is 3. The third-order valence-corrected chi connectivity index (χ3v) is 6.07. The Morgan fingerprint density at radius 2 is 1.65 bits per heavy atom. The van der Waals surface area contributed by atoms with Crippen LogP contribution in [-0.4, -0.2) is 11.6 Å². The number of ketones is 2. The topological polar surface area (TPSA) is 43.4 Å². The first-order valence-corrected chi connectivity index (χ1v) is 10.8. The Balaban J connectivity index is 1.37. The van der Waals surface area contributed by atoms with Gasteiger partial charge < -0.3 is 4.74 Å². The lowest BCUT2D eigenvalue weighted by molar-refractivity contribution is -0.116. The first-order valence-electron chi connectivity index (χ1n) is 10.8. The number of ether oxygens (including phenoxy) is 1. The van der Waals surface area contributed by atoms with Crippen molar-refractivity contribution in [2.24, 2.45) is 5.92 Å². The standard InChI is InChI=1S/C28H24O3/c1-17(2)13-18-9-11-21(12-10-18)31-27-16-25(29)24(15-26(27)30)23-14-20-7-3-5-19-6-4-8-22(23)28(19)20/h3-12,15-17,23H,13-14H2,1-2H3. The fourth-order valence-corrected chi connectivity index (χ4v) is 4.72. The van der Waals surface area contributed by atoms with Gasteiger partial charge in [0.25, 0.3) is 0 Å². The van der Waals surface area contributed by atoms with Crippen molar-refractivity contribution in [1.29, 1.82) is 0 Å². The molecule has 0 heterocycles. The van der Waals surface area contributed by atoms with Crippen LogP contribution in [0.3, 0.4) is 0 Å². The molecule has 154 valence electrons. The van der Waals surface area contributed by atoms with Gasteiger partial charge in [-0.05, 0) is 64.4 Å². The average Bonchev–Trinajstić information content (AvgIpc) is 3.12. The summed E-state index contributed by atoms with van der Waals surface area (Å²) in [6, 6.07) is 20.1. The highest BCUT2D eigenvalue weighted by atomic mass is 16.5.